The molecule has 35 heavy (non-hydrogen) atoms. The molecule has 0 aliphatic heterocycles. The number of hydrogen-bond acceptors (Lipinski definition) is 6. The molecule has 0 spiro atoms. The van der Waals surface area contributed by atoms with Gasteiger partial charge in [0, 0.05) is 39.9 Å². The van der Waals surface area contributed by atoms with Crippen LogP contribution in [0.4, 0.5) is 0 Å². The summed E-state index contributed by atoms with van der Waals surface area (Å²) in [5.41, 5.74) is 4.40. The van der Waals surface area contributed by atoms with Crippen LogP contribution in [0.25, 0.3) is 28.1 Å². The number of aliphatic hydroxyl groups is 2. The molecule has 0 amide bonds. The molecule has 1 aromatic heterocycles. The van der Waals surface area contributed by atoms with Crippen molar-refractivity contribution in [1.82, 2.24) is 4.98 Å². The summed E-state index contributed by atoms with van der Waals surface area (Å²) in [6.07, 6.45) is 2.78. The maximum absolute atomic E-state index is 10.8. The predicted molar refractivity (Wildman–Crippen MR) is 135 cm³/mol. The van der Waals surface area contributed by atoms with Crippen LogP contribution in [0.2, 0.25) is 5.02 Å². The number of rotatable bonds is 10. The summed E-state index contributed by atoms with van der Waals surface area (Å²) < 4.78 is 11.1. The average molecular weight is 498 g/mol. The molecule has 1 aliphatic rings. The molecule has 2 atom stereocenters. The Morgan fingerprint density at radius 1 is 1.14 bits per heavy atom. The second kappa shape index (κ2) is 10.6. The first-order valence-corrected chi connectivity index (χ1v) is 11.8. The van der Waals surface area contributed by atoms with E-state index in [0.717, 1.165) is 46.1 Å². The molecule has 0 saturated heterocycles. The third-order valence-electron chi connectivity index (χ3n) is 6.06. The number of fused-ring (bicyclic) bond motifs is 1. The summed E-state index contributed by atoms with van der Waals surface area (Å²) in [4.78, 5) is 15.8. The van der Waals surface area contributed by atoms with E-state index in [1.54, 1.807) is 20.3 Å². The van der Waals surface area contributed by atoms with E-state index in [4.69, 9.17) is 31.2 Å². The van der Waals surface area contributed by atoms with E-state index >= 15 is 0 Å². The van der Waals surface area contributed by atoms with Crippen molar-refractivity contribution in [2.24, 2.45) is 0 Å². The first kappa shape index (κ1) is 25.0. The number of hydrogen-bond donors (Lipinski definition) is 3. The summed E-state index contributed by atoms with van der Waals surface area (Å²) >= 11 is 6.16. The lowest BCUT2D eigenvalue weighted by Crippen LogP contribution is -2.19. The van der Waals surface area contributed by atoms with Gasteiger partial charge in [-0.1, -0.05) is 35.9 Å². The van der Waals surface area contributed by atoms with E-state index < -0.39 is 24.6 Å². The van der Waals surface area contributed by atoms with Gasteiger partial charge < -0.3 is 24.8 Å². The van der Waals surface area contributed by atoms with Crippen LogP contribution in [-0.2, 0) is 4.79 Å². The highest BCUT2D eigenvalue weighted by atomic mass is 35.5. The minimum Gasteiger partial charge on any atom is -0.493 e. The van der Waals surface area contributed by atoms with Crippen LogP contribution in [0.3, 0.4) is 0 Å². The molecule has 0 bridgehead atoms. The van der Waals surface area contributed by atoms with Crippen LogP contribution in [0.1, 0.15) is 42.9 Å². The van der Waals surface area contributed by atoms with Crippen molar-refractivity contribution in [3.8, 4) is 22.6 Å². The Labute approximate surface area is 208 Å². The first-order valence-electron chi connectivity index (χ1n) is 11.4. The molecule has 1 fully saturated rings. The Kier molecular flexibility index (Phi) is 7.60. The summed E-state index contributed by atoms with van der Waals surface area (Å²) in [5, 5.41) is 30.8. The van der Waals surface area contributed by atoms with Crippen LogP contribution in [0.5, 0.6) is 11.5 Å². The molecular weight excluding hydrogens is 470 g/mol. The highest BCUT2D eigenvalue weighted by Crippen LogP contribution is 2.47. The number of aliphatic hydroxyl groups excluding tert-OH is 2. The van der Waals surface area contributed by atoms with E-state index in [-0.39, 0.29) is 6.42 Å². The van der Waals surface area contributed by atoms with Gasteiger partial charge in [0.2, 0.25) is 0 Å². The van der Waals surface area contributed by atoms with Crippen molar-refractivity contribution in [3.63, 3.8) is 0 Å². The van der Waals surface area contributed by atoms with Crippen molar-refractivity contribution in [2.45, 2.75) is 43.8 Å². The maximum Gasteiger partial charge on any atom is 0.305 e. The zero-order valence-electron chi connectivity index (χ0n) is 19.6. The van der Waals surface area contributed by atoms with Gasteiger partial charge in [-0.2, -0.15) is 0 Å². The third kappa shape index (κ3) is 5.75. The quantitative estimate of drug-likeness (QED) is 0.359. The highest BCUT2D eigenvalue weighted by molar-refractivity contribution is 6.30. The molecule has 2 aromatic carbocycles. The zero-order chi connectivity index (χ0) is 25.1. The Balaban J connectivity index is 1.88. The topological polar surface area (TPSA) is 109 Å². The predicted octanol–water partition coefficient (Wildman–Crippen LogP) is 5.05. The lowest BCUT2D eigenvalue weighted by atomic mass is 9.92. The SMILES string of the molecule is COc1cc2nc(C3CC3)c(/C=C/C(O)CC(O)CC(=O)O)c(-c3ccc(Cl)cc3)c2cc1OC. The van der Waals surface area contributed by atoms with Crippen LogP contribution < -0.4 is 9.47 Å². The van der Waals surface area contributed by atoms with Gasteiger partial charge in [-0.15, -0.1) is 0 Å². The van der Waals surface area contributed by atoms with Crippen LogP contribution >= 0.6 is 11.6 Å². The molecule has 8 heteroatoms. The second-order valence-corrected chi connectivity index (χ2v) is 9.14. The number of nitrogens with zero attached hydrogens (tertiary/aromatic N) is 1. The van der Waals surface area contributed by atoms with Crippen LogP contribution in [0.15, 0.2) is 42.5 Å². The van der Waals surface area contributed by atoms with Crippen LogP contribution in [-0.4, -0.2) is 52.7 Å². The minimum absolute atomic E-state index is 0.0795. The molecule has 3 aromatic rings. The number of carboxylic acid groups (broad SMARTS) is 1. The van der Waals surface area contributed by atoms with Gasteiger partial charge >= 0.3 is 5.97 Å². The van der Waals surface area contributed by atoms with Crippen LogP contribution in [0, 0.1) is 0 Å². The molecule has 1 saturated carbocycles. The number of carboxylic acids is 1. The van der Waals surface area contributed by atoms with E-state index in [2.05, 4.69) is 0 Å². The van der Waals surface area contributed by atoms with E-state index in [0.29, 0.717) is 22.4 Å². The van der Waals surface area contributed by atoms with Crippen molar-refractivity contribution in [2.75, 3.05) is 14.2 Å². The van der Waals surface area contributed by atoms with E-state index in [9.17, 15) is 15.0 Å². The monoisotopic (exact) mass is 497 g/mol. The van der Waals surface area contributed by atoms with Crippen molar-refractivity contribution in [1.29, 1.82) is 0 Å². The fraction of sp³-hybridized carbons (Fsp3) is 0.333. The Morgan fingerprint density at radius 3 is 2.40 bits per heavy atom. The van der Waals surface area contributed by atoms with Gasteiger partial charge in [-0.3, -0.25) is 9.78 Å². The fourth-order valence-electron chi connectivity index (χ4n) is 4.24. The number of benzene rings is 2. The van der Waals surface area contributed by atoms with Gasteiger partial charge in [0.15, 0.2) is 11.5 Å². The molecule has 4 rings (SSSR count). The fourth-order valence-corrected chi connectivity index (χ4v) is 4.36. The van der Waals surface area contributed by atoms with Gasteiger partial charge in [0.05, 0.1) is 44.1 Å². The second-order valence-electron chi connectivity index (χ2n) is 8.71. The molecule has 1 heterocycles. The number of pyridine rings is 1. The Hall–Kier alpha value is -3.13. The zero-order valence-corrected chi connectivity index (χ0v) is 20.3. The minimum atomic E-state index is -1.14. The molecule has 3 N–H and O–H groups in total. The van der Waals surface area contributed by atoms with Crippen molar-refractivity contribution in [3.05, 3.63) is 58.8 Å². The van der Waals surface area contributed by atoms with E-state index in [1.807, 2.05) is 42.5 Å². The van der Waals surface area contributed by atoms with E-state index in [1.165, 1.54) is 0 Å². The molecule has 2 unspecified atom stereocenters. The molecule has 0 radical (unpaired) electrons. The number of ether oxygens (including phenoxy) is 2. The average Bonchev–Trinajstić information content (AvgIpc) is 3.66. The molecule has 7 nitrogen and oxygen atoms in total. The maximum atomic E-state index is 10.8. The molecular formula is C27H28ClNO6. The third-order valence-corrected chi connectivity index (χ3v) is 6.32. The molecule has 184 valence electrons. The van der Waals surface area contributed by atoms with Gasteiger partial charge in [-0.05, 0) is 36.6 Å². The lowest BCUT2D eigenvalue weighted by Gasteiger charge is -2.18. The summed E-state index contributed by atoms with van der Waals surface area (Å²) in [7, 11) is 3.17. The Morgan fingerprint density at radius 2 is 1.80 bits per heavy atom. The largest absolute Gasteiger partial charge is 0.493 e. The van der Waals surface area contributed by atoms with Gasteiger partial charge in [0.25, 0.3) is 0 Å². The lowest BCUT2D eigenvalue weighted by molar-refractivity contribution is -0.139. The Bertz CT molecular complexity index is 1250. The summed E-state index contributed by atoms with van der Waals surface area (Å²) in [5.74, 6) is 0.344. The standard InChI is InChI=1S/C27H28ClNO6/c1-34-23-13-21-22(14-24(23)35-2)29-27(16-3-4-16)20(26(21)15-5-7-17(28)8-6-15)10-9-18(30)11-19(31)12-25(32)33/h5-10,13-14,16,18-19,30-31H,3-4,11-12H2,1-2H3,(H,32,33)/b10-9+. The van der Waals surface area contributed by atoms with Gasteiger partial charge in [0.1, 0.15) is 0 Å². The van der Waals surface area contributed by atoms with Crippen molar-refractivity contribution < 1.29 is 29.6 Å². The number of aromatic nitrogens is 1. The summed E-state index contributed by atoms with van der Waals surface area (Å²) in [6.45, 7) is 0. The number of carbonyl (C=O) groups is 1. The van der Waals surface area contributed by atoms with Crippen molar-refractivity contribution >= 4 is 34.5 Å². The van der Waals surface area contributed by atoms with Gasteiger partial charge in [-0.25, -0.2) is 0 Å². The first-order chi connectivity index (χ1) is 16.8. The number of halogens is 1. The highest BCUT2D eigenvalue weighted by Gasteiger charge is 2.30. The summed E-state index contributed by atoms with van der Waals surface area (Å²) in [6, 6.07) is 11.3. The normalized spacial score (nSPS) is 15.3. The smallest absolute Gasteiger partial charge is 0.305 e. The number of methoxy groups -OCH3 is 2. The molecule has 1 aliphatic carbocycles. The number of aliphatic carboxylic acids is 1.